The smallest absolute Gasteiger partial charge is 0.322 e. The van der Waals surface area contributed by atoms with Gasteiger partial charge in [-0.1, -0.05) is 35.3 Å². The highest BCUT2D eigenvalue weighted by molar-refractivity contribution is 6.42. The number of amides is 2. The Bertz CT molecular complexity index is 1020. The Hall–Kier alpha value is -2.26. The maximum Gasteiger partial charge on any atom is 0.322 e. The van der Waals surface area contributed by atoms with Crippen molar-refractivity contribution >= 4 is 34.9 Å². The average Bonchev–Trinajstić information content (AvgIpc) is 3.38. The molecule has 0 bridgehead atoms. The molecular weight excluding hydrogens is 467 g/mol. The van der Waals surface area contributed by atoms with Gasteiger partial charge in [0, 0.05) is 18.3 Å². The van der Waals surface area contributed by atoms with Crippen molar-refractivity contribution in [1.82, 2.24) is 9.80 Å². The number of rotatable bonds is 7. The molecule has 1 heterocycles. The number of nitrogens with one attached hydrogen (secondary N) is 1. The van der Waals surface area contributed by atoms with Crippen LogP contribution >= 0.6 is 23.2 Å². The van der Waals surface area contributed by atoms with Crippen LogP contribution in [0.1, 0.15) is 62.0 Å². The number of halogens is 2. The van der Waals surface area contributed by atoms with Gasteiger partial charge in [0.05, 0.1) is 21.7 Å². The van der Waals surface area contributed by atoms with Gasteiger partial charge >= 0.3 is 6.03 Å². The maximum atomic E-state index is 13.4. The summed E-state index contributed by atoms with van der Waals surface area (Å²) in [7, 11) is 0. The Kier molecular flexibility index (Phi) is 8.72. The maximum absolute atomic E-state index is 13.4. The fourth-order valence-electron chi connectivity index (χ4n) is 5.27. The van der Waals surface area contributed by atoms with Gasteiger partial charge in [-0.25, -0.2) is 4.79 Å². The molecule has 2 aromatic carbocycles. The lowest BCUT2D eigenvalue weighted by molar-refractivity contribution is 0.157. The summed E-state index contributed by atoms with van der Waals surface area (Å²) in [6, 6.07) is 15.5. The molecule has 34 heavy (non-hydrogen) atoms. The minimum Gasteiger partial charge on any atom is -0.322 e. The third-order valence-electron chi connectivity index (χ3n) is 7.13. The molecule has 2 aromatic rings. The van der Waals surface area contributed by atoms with Gasteiger partial charge in [-0.3, -0.25) is 0 Å². The molecule has 0 unspecified atom stereocenters. The van der Waals surface area contributed by atoms with Crippen LogP contribution in [0.15, 0.2) is 42.5 Å². The van der Waals surface area contributed by atoms with Gasteiger partial charge in [0.2, 0.25) is 0 Å². The zero-order valence-electron chi connectivity index (χ0n) is 19.5. The van der Waals surface area contributed by atoms with Crippen molar-refractivity contribution < 1.29 is 4.79 Å². The first kappa shape index (κ1) is 24.9. The van der Waals surface area contributed by atoms with Crippen LogP contribution in [-0.2, 0) is 0 Å². The SMILES string of the molecule is N#Cc1cccc([C@H]2CC[C@@H](N(CCCN3CCCC3)C(=O)Nc3ccc(Cl)c(Cl)c3)CC2)c1. The fourth-order valence-corrected chi connectivity index (χ4v) is 5.57. The van der Waals surface area contributed by atoms with Gasteiger partial charge in [-0.2, -0.15) is 5.26 Å². The highest BCUT2D eigenvalue weighted by Gasteiger charge is 2.30. The zero-order chi connectivity index (χ0) is 23.9. The van der Waals surface area contributed by atoms with Gasteiger partial charge in [0.15, 0.2) is 0 Å². The quantitative estimate of drug-likeness (QED) is 0.450. The molecule has 7 heteroatoms. The molecule has 1 N–H and O–H groups in total. The van der Waals surface area contributed by atoms with E-state index in [2.05, 4.69) is 22.4 Å². The van der Waals surface area contributed by atoms with Crippen LogP contribution in [-0.4, -0.2) is 48.1 Å². The van der Waals surface area contributed by atoms with E-state index in [9.17, 15) is 10.1 Å². The first-order valence-corrected chi connectivity index (χ1v) is 13.0. The van der Waals surface area contributed by atoms with E-state index >= 15 is 0 Å². The summed E-state index contributed by atoms with van der Waals surface area (Å²) < 4.78 is 0. The van der Waals surface area contributed by atoms with Crippen LogP contribution in [0, 0.1) is 11.3 Å². The van der Waals surface area contributed by atoms with Crippen molar-refractivity contribution in [2.45, 2.75) is 56.9 Å². The van der Waals surface area contributed by atoms with E-state index in [-0.39, 0.29) is 12.1 Å². The number of benzene rings is 2. The van der Waals surface area contributed by atoms with Crippen LogP contribution < -0.4 is 5.32 Å². The predicted octanol–water partition coefficient (Wildman–Crippen LogP) is 6.91. The largest absolute Gasteiger partial charge is 0.322 e. The van der Waals surface area contributed by atoms with E-state index in [1.807, 2.05) is 23.1 Å². The Morgan fingerprint density at radius 2 is 1.82 bits per heavy atom. The lowest BCUT2D eigenvalue weighted by Gasteiger charge is -2.37. The number of anilines is 1. The molecule has 2 aliphatic rings. The Morgan fingerprint density at radius 1 is 1.06 bits per heavy atom. The minimum absolute atomic E-state index is 0.0743. The molecule has 180 valence electrons. The van der Waals surface area contributed by atoms with Gasteiger partial charge in [0.1, 0.15) is 0 Å². The minimum atomic E-state index is -0.0743. The van der Waals surface area contributed by atoms with Crippen LogP contribution in [0.4, 0.5) is 10.5 Å². The van der Waals surface area contributed by atoms with Crippen LogP contribution in [0.2, 0.25) is 10.0 Å². The molecule has 1 aliphatic heterocycles. The summed E-state index contributed by atoms with van der Waals surface area (Å²) >= 11 is 12.2. The third kappa shape index (κ3) is 6.44. The average molecular weight is 499 g/mol. The number of hydrogen-bond donors (Lipinski definition) is 1. The van der Waals surface area contributed by atoms with E-state index in [0.717, 1.165) is 45.2 Å². The monoisotopic (exact) mass is 498 g/mol. The van der Waals surface area contributed by atoms with Crippen molar-refractivity contribution in [3.8, 4) is 6.07 Å². The number of nitrogens with zero attached hydrogens (tertiary/aromatic N) is 3. The highest BCUT2D eigenvalue weighted by atomic mass is 35.5. The highest BCUT2D eigenvalue weighted by Crippen LogP contribution is 2.35. The molecule has 0 radical (unpaired) electrons. The first-order chi connectivity index (χ1) is 16.5. The second kappa shape index (κ2) is 11.9. The number of hydrogen-bond acceptors (Lipinski definition) is 3. The van der Waals surface area contributed by atoms with E-state index in [1.54, 1.807) is 18.2 Å². The van der Waals surface area contributed by atoms with Gasteiger partial charge < -0.3 is 15.1 Å². The summed E-state index contributed by atoms with van der Waals surface area (Å²) in [5.41, 5.74) is 2.61. The number of likely N-dealkylation sites (tertiary alicyclic amines) is 1. The molecule has 2 amide bonds. The molecule has 5 nitrogen and oxygen atoms in total. The topological polar surface area (TPSA) is 59.4 Å². The van der Waals surface area contributed by atoms with Crippen molar-refractivity contribution in [3.05, 3.63) is 63.6 Å². The van der Waals surface area contributed by atoms with Crippen molar-refractivity contribution in [3.63, 3.8) is 0 Å². The van der Waals surface area contributed by atoms with Gasteiger partial charge in [-0.15, -0.1) is 0 Å². The number of urea groups is 1. The molecule has 0 atom stereocenters. The molecule has 1 saturated carbocycles. The van der Waals surface area contributed by atoms with Crippen LogP contribution in [0.5, 0.6) is 0 Å². The summed E-state index contributed by atoms with van der Waals surface area (Å²) in [6.07, 6.45) is 7.47. The Morgan fingerprint density at radius 3 is 2.53 bits per heavy atom. The third-order valence-corrected chi connectivity index (χ3v) is 7.87. The molecule has 4 rings (SSSR count). The number of nitriles is 1. The van der Waals surface area contributed by atoms with E-state index < -0.39 is 0 Å². The van der Waals surface area contributed by atoms with Crippen molar-refractivity contribution in [1.29, 1.82) is 5.26 Å². The van der Waals surface area contributed by atoms with Crippen LogP contribution in [0.25, 0.3) is 0 Å². The Labute approximate surface area is 212 Å². The number of carbonyl (C=O) groups excluding carboxylic acids is 1. The van der Waals surface area contributed by atoms with Gasteiger partial charge in [0.25, 0.3) is 0 Å². The molecule has 2 fully saturated rings. The van der Waals surface area contributed by atoms with Crippen LogP contribution in [0.3, 0.4) is 0 Å². The normalized spacial score (nSPS) is 20.6. The number of carbonyl (C=O) groups is 1. The van der Waals surface area contributed by atoms with Crippen molar-refractivity contribution in [2.75, 3.05) is 31.5 Å². The summed E-state index contributed by atoms with van der Waals surface area (Å²) in [5.74, 6) is 0.439. The Balaban J connectivity index is 1.40. The summed E-state index contributed by atoms with van der Waals surface area (Å²) in [4.78, 5) is 17.9. The van der Waals surface area contributed by atoms with Gasteiger partial charge in [-0.05, 0) is 106 Å². The second-order valence-corrected chi connectivity index (χ2v) is 10.2. The second-order valence-electron chi connectivity index (χ2n) is 9.40. The molecule has 1 saturated heterocycles. The fraction of sp³-hybridized carbons (Fsp3) is 0.481. The van der Waals surface area contributed by atoms with E-state index in [0.29, 0.717) is 27.2 Å². The zero-order valence-corrected chi connectivity index (χ0v) is 21.0. The molecule has 1 aliphatic carbocycles. The first-order valence-electron chi connectivity index (χ1n) is 12.3. The van der Waals surface area contributed by atoms with E-state index in [4.69, 9.17) is 23.2 Å². The molecular formula is C27H32Cl2N4O. The standard InChI is InChI=1S/C27H32Cl2N4O/c28-25-12-9-23(18-26(25)29)31-27(34)33(16-4-15-32-13-1-2-14-32)24-10-7-21(8-11-24)22-6-3-5-20(17-22)19-30/h3,5-6,9,12,17-18,21,24H,1-2,4,7-8,10-11,13-16H2,(H,31,34)/t21-,24+. The predicted molar refractivity (Wildman–Crippen MR) is 139 cm³/mol. The van der Waals surface area contributed by atoms with Crippen molar-refractivity contribution in [2.24, 2.45) is 0 Å². The lowest BCUT2D eigenvalue weighted by Crippen LogP contribution is -2.45. The molecule has 0 aromatic heterocycles. The summed E-state index contributed by atoms with van der Waals surface area (Å²) in [6.45, 7) is 4.11. The van der Waals surface area contributed by atoms with E-state index in [1.165, 1.54) is 31.5 Å². The summed E-state index contributed by atoms with van der Waals surface area (Å²) in [5, 5.41) is 13.2. The molecule has 0 spiro atoms. The lowest BCUT2D eigenvalue weighted by atomic mass is 9.81.